The molecule has 0 spiro atoms. The lowest BCUT2D eigenvalue weighted by molar-refractivity contribution is 0.0336. The summed E-state index contributed by atoms with van der Waals surface area (Å²) in [6.07, 6.45) is 2.34. The minimum absolute atomic E-state index is 0.128. The zero-order chi connectivity index (χ0) is 21.3. The van der Waals surface area contributed by atoms with Crippen molar-refractivity contribution in [2.24, 2.45) is 7.05 Å². The third-order valence-corrected chi connectivity index (χ3v) is 5.46. The fraction of sp³-hybridized carbons (Fsp3) is 0.286. The second-order valence-electron chi connectivity index (χ2n) is 7.07. The van der Waals surface area contributed by atoms with E-state index < -0.39 is 6.10 Å². The Kier molecular flexibility index (Phi) is 5.61. The van der Waals surface area contributed by atoms with Crippen LogP contribution in [0.2, 0.25) is 5.02 Å². The van der Waals surface area contributed by atoms with Gasteiger partial charge in [-0.2, -0.15) is 0 Å². The molecule has 0 saturated carbocycles. The van der Waals surface area contributed by atoms with Crippen molar-refractivity contribution < 1.29 is 9.53 Å². The third kappa shape index (κ3) is 3.96. The van der Waals surface area contributed by atoms with Crippen LogP contribution in [-0.4, -0.2) is 51.1 Å². The number of carbonyl (C=O) groups excluding carboxylic acids is 1. The summed E-state index contributed by atoms with van der Waals surface area (Å²) in [6.45, 7) is 2.99. The van der Waals surface area contributed by atoms with E-state index in [1.165, 1.54) is 17.0 Å². The van der Waals surface area contributed by atoms with Crippen LogP contribution in [0.15, 0.2) is 47.7 Å². The van der Waals surface area contributed by atoms with Crippen molar-refractivity contribution in [3.05, 3.63) is 69.4 Å². The Bertz CT molecular complexity index is 1150. The van der Waals surface area contributed by atoms with Crippen LogP contribution < -0.4 is 10.5 Å². The first-order valence-electron chi connectivity index (χ1n) is 9.45. The molecule has 2 aromatic heterocycles. The number of nitrogens with zero attached hydrogens (tertiary/aromatic N) is 5. The minimum atomic E-state index is -0.668. The van der Waals surface area contributed by atoms with Gasteiger partial charge in [0.1, 0.15) is 12.4 Å². The summed E-state index contributed by atoms with van der Waals surface area (Å²) >= 11 is 6.07. The number of anilines is 1. The van der Waals surface area contributed by atoms with Crippen LogP contribution in [0.4, 0.5) is 5.95 Å². The molecule has 0 N–H and O–H groups in total. The number of ether oxygens (including phenoxy) is 1. The number of morpholine rings is 1. The van der Waals surface area contributed by atoms with Gasteiger partial charge in [0.15, 0.2) is 5.78 Å². The van der Waals surface area contributed by atoms with Crippen molar-refractivity contribution in [1.29, 1.82) is 0 Å². The standard InChI is InChI=1S/C21H20ClN5O3/c1-13-9-14(3-4-15(13)22)20(29)18-11-27(7-8-30-18)21-25-17(10-19(28)26(21)2)16-5-6-23-12-24-16/h3-6,9-10,12,18H,7-8,11H2,1-2H3. The predicted octanol–water partition coefficient (Wildman–Crippen LogP) is 2.29. The fourth-order valence-electron chi connectivity index (χ4n) is 3.36. The van der Waals surface area contributed by atoms with E-state index in [-0.39, 0.29) is 17.9 Å². The summed E-state index contributed by atoms with van der Waals surface area (Å²) in [5, 5.41) is 0.610. The van der Waals surface area contributed by atoms with Crippen molar-refractivity contribution in [2.75, 3.05) is 24.6 Å². The zero-order valence-corrected chi connectivity index (χ0v) is 17.3. The molecule has 1 fully saturated rings. The Hall–Kier alpha value is -3.10. The first-order chi connectivity index (χ1) is 14.4. The Labute approximate surface area is 178 Å². The highest BCUT2D eigenvalue weighted by Crippen LogP contribution is 2.22. The molecule has 1 aromatic carbocycles. The lowest BCUT2D eigenvalue weighted by Gasteiger charge is -2.33. The van der Waals surface area contributed by atoms with E-state index >= 15 is 0 Å². The molecule has 8 nitrogen and oxygen atoms in total. The Morgan fingerprint density at radius 2 is 2.07 bits per heavy atom. The average molecular weight is 426 g/mol. The van der Waals surface area contributed by atoms with Gasteiger partial charge < -0.3 is 9.64 Å². The molecule has 1 aliphatic rings. The summed E-state index contributed by atoms with van der Waals surface area (Å²) in [6, 6.07) is 8.30. The summed E-state index contributed by atoms with van der Waals surface area (Å²) < 4.78 is 7.20. The molecule has 0 radical (unpaired) electrons. The lowest BCUT2D eigenvalue weighted by atomic mass is 10.0. The molecular formula is C21H20ClN5O3. The maximum atomic E-state index is 13.0. The molecule has 1 aliphatic heterocycles. The van der Waals surface area contributed by atoms with Gasteiger partial charge in [-0.05, 0) is 36.8 Å². The summed E-state index contributed by atoms with van der Waals surface area (Å²) in [7, 11) is 1.66. The number of benzene rings is 1. The van der Waals surface area contributed by atoms with Crippen LogP contribution in [0.3, 0.4) is 0 Å². The highest BCUT2D eigenvalue weighted by Gasteiger charge is 2.29. The molecule has 0 bridgehead atoms. The largest absolute Gasteiger partial charge is 0.366 e. The molecule has 1 atom stereocenters. The Morgan fingerprint density at radius 1 is 1.23 bits per heavy atom. The van der Waals surface area contributed by atoms with Gasteiger partial charge in [-0.25, -0.2) is 15.0 Å². The third-order valence-electron chi connectivity index (χ3n) is 5.04. The topological polar surface area (TPSA) is 90.2 Å². The van der Waals surface area contributed by atoms with Crippen LogP contribution >= 0.6 is 11.6 Å². The van der Waals surface area contributed by atoms with E-state index in [0.29, 0.717) is 41.1 Å². The maximum Gasteiger partial charge on any atom is 0.255 e. The van der Waals surface area contributed by atoms with Crippen molar-refractivity contribution in [1.82, 2.24) is 19.5 Å². The number of carbonyl (C=O) groups is 1. The molecule has 1 saturated heterocycles. The monoisotopic (exact) mass is 425 g/mol. The number of rotatable bonds is 4. The molecule has 3 aromatic rings. The SMILES string of the molecule is Cc1cc(C(=O)C2CN(c3nc(-c4ccncn4)cc(=O)n3C)CCO2)ccc1Cl. The highest BCUT2D eigenvalue weighted by molar-refractivity contribution is 6.31. The molecule has 0 amide bonds. The average Bonchev–Trinajstić information content (AvgIpc) is 2.77. The molecule has 30 heavy (non-hydrogen) atoms. The van der Waals surface area contributed by atoms with Crippen molar-refractivity contribution >= 4 is 23.3 Å². The molecule has 3 heterocycles. The molecule has 4 rings (SSSR count). The van der Waals surface area contributed by atoms with E-state index in [1.807, 2.05) is 11.8 Å². The fourth-order valence-corrected chi connectivity index (χ4v) is 3.47. The number of Topliss-reactive ketones (excluding diaryl/α,β-unsaturated/α-hetero) is 1. The van der Waals surface area contributed by atoms with Gasteiger partial charge in [-0.3, -0.25) is 14.2 Å². The van der Waals surface area contributed by atoms with Gasteiger partial charge in [0.25, 0.3) is 5.56 Å². The molecular weight excluding hydrogens is 406 g/mol. The smallest absolute Gasteiger partial charge is 0.255 e. The van der Waals surface area contributed by atoms with E-state index in [4.69, 9.17) is 16.3 Å². The summed E-state index contributed by atoms with van der Waals surface area (Å²) in [5.74, 6) is 0.334. The van der Waals surface area contributed by atoms with Crippen molar-refractivity contribution in [3.63, 3.8) is 0 Å². The van der Waals surface area contributed by atoms with E-state index in [9.17, 15) is 9.59 Å². The summed E-state index contributed by atoms with van der Waals surface area (Å²) in [4.78, 5) is 40.1. The maximum absolute atomic E-state index is 13.0. The van der Waals surface area contributed by atoms with Crippen LogP contribution in [0.5, 0.6) is 0 Å². The zero-order valence-electron chi connectivity index (χ0n) is 16.6. The first kappa shape index (κ1) is 20.2. The van der Waals surface area contributed by atoms with Gasteiger partial charge >= 0.3 is 0 Å². The van der Waals surface area contributed by atoms with Gasteiger partial charge in [0, 0.05) is 36.4 Å². The van der Waals surface area contributed by atoms with E-state index in [2.05, 4.69) is 15.0 Å². The number of hydrogen-bond donors (Lipinski definition) is 0. The van der Waals surface area contributed by atoms with Gasteiger partial charge in [-0.15, -0.1) is 0 Å². The highest BCUT2D eigenvalue weighted by atomic mass is 35.5. The van der Waals surface area contributed by atoms with Crippen LogP contribution in [-0.2, 0) is 11.8 Å². The number of halogens is 1. The Morgan fingerprint density at radius 3 is 2.80 bits per heavy atom. The number of aryl methyl sites for hydroxylation is 1. The normalized spacial score (nSPS) is 16.5. The second-order valence-corrected chi connectivity index (χ2v) is 7.47. The van der Waals surface area contributed by atoms with Crippen molar-refractivity contribution in [3.8, 4) is 11.4 Å². The van der Waals surface area contributed by atoms with Crippen LogP contribution in [0.1, 0.15) is 15.9 Å². The van der Waals surface area contributed by atoms with Crippen LogP contribution in [0, 0.1) is 6.92 Å². The van der Waals surface area contributed by atoms with E-state index in [1.54, 1.807) is 37.5 Å². The number of hydrogen-bond acceptors (Lipinski definition) is 7. The number of ketones is 1. The lowest BCUT2D eigenvalue weighted by Crippen LogP contribution is -2.48. The molecule has 154 valence electrons. The molecule has 9 heteroatoms. The second kappa shape index (κ2) is 8.33. The van der Waals surface area contributed by atoms with Crippen molar-refractivity contribution in [2.45, 2.75) is 13.0 Å². The van der Waals surface area contributed by atoms with Gasteiger partial charge in [0.05, 0.1) is 24.5 Å². The summed E-state index contributed by atoms with van der Waals surface area (Å²) in [5.41, 5.74) is 2.17. The van der Waals surface area contributed by atoms with E-state index in [0.717, 1.165) is 5.56 Å². The number of aromatic nitrogens is 4. The minimum Gasteiger partial charge on any atom is -0.366 e. The predicted molar refractivity (Wildman–Crippen MR) is 113 cm³/mol. The first-order valence-corrected chi connectivity index (χ1v) is 9.83. The molecule has 1 unspecified atom stereocenters. The van der Waals surface area contributed by atoms with Crippen LogP contribution in [0.25, 0.3) is 11.4 Å². The van der Waals surface area contributed by atoms with Gasteiger partial charge in [-0.1, -0.05) is 11.6 Å². The van der Waals surface area contributed by atoms with Gasteiger partial charge in [0.2, 0.25) is 5.95 Å². The Balaban J connectivity index is 1.63. The molecule has 0 aliphatic carbocycles. The quantitative estimate of drug-likeness (QED) is 0.592.